The predicted molar refractivity (Wildman–Crippen MR) is 106 cm³/mol. The zero-order chi connectivity index (χ0) is 18.9. The first-order valence-corrected chi connectivity index (χ1v) is 10.1. The highest BCUT2D eigenvalue weighted by Crippen LogP contribution is 2.25. The van der Waals surface area contributed by atoms with Gasteiger partial charge < -0.3 is 15.4 Å². The number of hydrogen-bond donors (Lipinski definition) is 2. The highest BCUT2D eigenvalue weighted by atomic mass is 32.1. The Kier molecular flexibility index (Phi) is 7.38. The van der Waals surface area contributed by atoms with Crippen molar-refractivity contribution in [1.29, 1.82) is 0 Å². The Morgan fingerprint density at radius 3 is 2.56 bits per heavy atom. The molecule has 144 valence electrons. The van der Waals surface area contributed by atoms with Crippen molar-refractivity contribution in [3.8, 4) is 0 Å². The van der Waals surface area contributed by atoms with Gasteiger partial charge in [-0.2, -0.15) is 0 Å². The Bertz CT molecular complexity index is 715. The van der Waals surface area contributed by atoms with Crippen LogP contribution in [0.4, 0.5) is 0 Å². The van der Waals surface area contributed by atoms with E-state index in [0.29, 0.717) is 18.7 Å². The van der Waals surface area contributed by atoms with Crippen LogP contribution < -0.4 is 10.6 Å². The van der Waals surface area contributed by atoms with E-state index in [-0.39, 0.29) is 24.3 Å². The summed E-state index contributed by atoms with van der Waals surface area (Å²) < 4.78 is 5.44. The van der Waals surface area contributed by atoms with Crippen LogP contribution in [-0.4, -0.2) is 56.1 Å². The molecule has 0 spiro atoms. The normalized spacial score (nSPS) is 15.9. The molecule has 1 aromatic carbocycles. The number of nitrogens with one attached hydrogen (secondary N) is 2. The first-order chi connectivity index (χ1) is 13.2. The van der Waals surface area contributed by atoms with Crippen LogP contribution in [0.5, 0.6) is 0 Å². The molecule has 1 aromatic heterocycles. The standard InChI is InChI=1S/C20H25N3O3S/c24-19(8-9-21-20(25)16-5-2-1-3-6-16)22-15-17(18-7-4-14-27-18)23-10-12-26-13-11-23/h1-7,14,17H,8-13,15H2,(H,21,25)(H,22,24)/t17-/m1/s1. The van der Waals surface area contributed by atoms with E-state index < -0.39 is 0 Å². The number of carbonyl (C=O) groups is 2. The molecule has 2 amide bonds. The molecule has 1 atom stereocenters. The van der Waals surface area contributed by atoms with Crippen molar-refractivity contribution in [3.05, 3.63) is 58.3 Å². The number of carbonyl (C=O) groups excluding carboxylic acids is 2. The van der Waals surface area contributed by atoms with Crippen LogP contribution in [0, 0.1) is 0 Å². The van der Waals surface area contributed by atoms with E-state index in [4.69, 9.17) is 4.74 Å². The molecule has 0 radical (unpaired) electrons. The van der Waals surface area contributed by atoms with Gasteiger partial charge in [-0.15, -0.1) is 11.3 Å². The van der Waals surface area contributed by atoms with Crippen molar-refractivity contribution in [2.24, 2.45) is 0 Å². The lowest BCUT2D eigenvalue weighted by Crippen LogP contribution is -2.43. The Hall–Kier alpha value is -2.22. The molecule has 1 fully saturated rings. The van der Waals surface area contributed by atoms with E-state index in [9.17, 15) is 9.59 Å². The van der Waals surface area contributed by atoms with Gasteiger partial charge in [0.2, 0.25) is 5.91 Å². The molecule has 2 heterocycles. The van der Waals surface area contributed by atoms with Crippen LogP contribution in [-0.2, 0) is 9.53 Å². The van der Waals surface area contributed by atoms with E-state index in [1.54, 1.807) is 23.5 Å². The maximum atomic E-state index is 12.2. The topological polar surface area (TPSA) is 70.7 Å². The summed E-state index contributed by atoms with van der Waals surface area (Å²) in [6.07, 6.45) is 0.263. The minimum absolute atomic E-state index is 0.0572. The lowest BCUT2D eigenvalue weighted by molar-refractivity contribution is -0.121. The van der Waals surface area contributed by atoms with Gasteiger partial charge in [0, 0.05) is 43.0 Å². The smallest absolute Gasteiger partial charge is 0.251 e. The summed E-state index contributed by atoms with van der Waals surface area (Å²) in [7, 11) is 0. The summed E-state index contributed by atoms with van der Waals surface area (Å²) in [6.45, 7) is 4.06. The minimum atomic E-state index is -0.159. The van der Waals surface area contributed by atoms with Gasteiger partial charge in [-0.25, -0.2) is 0 Å². The van der Waals surface area contributed by atoms with Crippen LogP contribution in [0.3, 0.4) is 0 Å². The Morgan fingerprint density at radius 1 is 1.07 bits per heavy atom. The fourth-order valence-corrected chi connectivity index (χ4v) is 3.92. The molecule has 0 unspecified atom stereocenters. The second-order valence-corrected chi connectivity index (χ2v) is 7.33. The minimum Gasteiger partial charge on any atom is -0.379 e. The van der Waals surface area contributed by atoms with Gasteiger partial charge in [0.05, 0.1) is 19.3 Å². The summed E-state index contributed by atoms with van der Waals surface area (Å²) in [5.41, 5.74) is 0.600. The van der Waals surface area contributed by atoms with Crippen molar-refractivity contribution in [3.63, 3.8) is 0 Å². The quantitative estimate of drug-likeness (QED) is 0.727. The summed E-state index contributed by atoms with van der Waals surface area (Å²) in [4.78, 5) is 27.8. The number of thiophene rings is 1. The Labute approximate surface area is 163 Å². The first-order valence-electron chi connectivity index (χ1n) is 9.19. The molecule has 1 aliphatic rings. The van der Waals surface area contributed by atoms with Gasteiger partial charge in [0.25, 0.3) is 5.91 Å². The second-order valence-electron chi connectivity index (χ2n) is 6.36. The molecule has 7 heteroatoms. The number of benzene rings is 1. The number of amides is 2. The summed E-state index contributed by atoms with van der Waals surface area (Å²) in [5, 5.41) is 7.86. The van der Waals surface area contributed by atoms with Crippen LogP contribution in [0.1, 0.15) is 27.7 Å². The average molecular weight is 388 g/mol. The molecule has 6 nitrogen and oxygen atoms in total. The van der Waals surface area contributed by atoms with Crippen molar-refractivity contribution in [2.45, 2.75) is 12.5 Å². The molecule has 2 N–H and O–H groups in total. The molecule has 0 saturated carbocycles. The lowest BCUT2D eigenvalue weighted by atomic mass is 10.2. The average Bonchev–Trinajstić information content (AvgIpc) is 3.24. The molecule has 3 rings (SSSR count). The predicted octanol–water partition coefficient (Wildman–Crippen LogP) is 2.06. The SMILES string of the molecule is O=C(CCNC(=O)c1ccccc1)NC[C@H](c1cccs1)N1CCOCC1. The first kappa shape index (κ1) is 19.5. The zero-order valence-corrected chi connectivity index (χ0v) is 16.0. The monoisotopic (exact) mass is 387 g/mol. The number of rotatable bonds is 8. The van der Waals surface area contributed by atoms with Crippen molar-refractivity contribution in [1.82, 2.24) is 15.5 Å². The number of hydrogen-bond acceptors (Lipinski definition) is 5. The molecule has 2 aromatic rings. The summed E-state index contributed by atoms with van der Waals surface area (Å²) in [6, 6.07) is 13.3. The summed E-state index contributed by atoms with van der Waals surface area (Å²) in [5.74, 6) is -0.216. The zero-order valence-electron chi connectivity index (χ0n) is 15.2. The Balaban J connectivity index is 1.44. The third-order valence-corrected chi connectivity index (χ3v) is 5.50. The van der Waals surface area contributed by atoms with Crippen molar-refractivity contribution in [2.75, 3.05) is 39.4 Å². The van der Waals surface area contributed by atoms with E-state index >= 15 is 0 Å². The molecule has 0 bridgehead atoms. The van der Waals surface area contributed by atoms with E-state index in [0.717, 1.165) is 26.3 Å². The lowest BCUT2D eigenvalue weighted by Gasteiger charge is -2.34. The van der Waals surface area contributed by atoms with E-state index in [1.165, 1.54) is 4.88 Å². The molecular weight excluding hydrogens is 362 g/mol. The fraction of sp³-hybridized carbons (Fsp3) is 0.400. The Morgan fingerprint density at radius 2 is 1.85 bits per heavy atom. The molecule has 0 aliphatic carbocycles. The number of ether oxygens (including phenoxy) is 1. The largest absolute Gasteiger partial charge is 0.379 e. The maximum absolute atomic E-state index is 12.2. The number of morpholine rings is 1. The van der Waals surface area contributed by atoms with Gasteiger partial charge in [-0.05, 0) is 23.6 Å². The van der Waals surface area contributed by atoms with Crippen LogP contribution in [0.2, 0.25) is 0 Å². The second kappa shape index (κ2) is 10.2. The van der Waals surface area contributed by atoms with Crippen LogP contribution in [0.25, 0.3) is 0 Å². The van der Waals surface area contributed by atoms with Gasteiger partial charge in [0.1, 0.15) is 0 Å². The van der Waals surface area contributed by atoms with E-state index in [2.05, 4.69) is 27.0 Å². The van der Waals surface area contributed by atoms with Gasteiger partial charge in [0.15, 0.2) is 0 Å². The van der Waals surface area contributed by atoms with Gasteiger partial charge in [-0.1, -0.05) is 24.3 Å². The third kappa shape index (κ3) is 5.89. The van der Waals surface area contributed by atoms with Crippen LogP contribution in [0.15, 0.2) is 47.8 Å². The summed E-state index contributed by atoms with van der Waals surface area (Å²) >= 11 is 1.70. The van der Waals surface area contributed by atoms with Crippen molar-refractivity contribution >= 4 is 23.2 Å². The fourth-order valence-electron chi connectivity index (χ4n) is 3.06. The number of nitrogens with zero attached hydrogens (tertiary/aromatic N) is 1. The highest BCUT2D eigenvalue weighted by Gasteiger charge is 2.23. The van der Waals surface area contributed by atoms with Gasteiger partial charge >= 0.3 is 0 Å². The molecule has 1 aliphatic heterocycles. The molecule has 27 heavy (non-hydrogen) atoms. The van der Waals surface area contributed by atoms with E-state index in [1.807, 2.05) is 24.3 Å². The molecule has 1 saturated heterocycles. The third-order valence-electron chi connectivity index (χ3n) is 4.52. The highest BCUT2D eigenvalue weighted by molar-refractivity contribution is 7.10. The van der Waals surface area contributed by atoms with Gasteiger partial charge in [-0.3, -0.25) is 14.5 Å². The molecular formula is C20H25N3O3S. The van der Waals surface area contributed by atoms with Crippen molar-refractivity contribution < 1.29 is 14.3 Å². The maximum Gasteiger partial charge on any atom is 0.251 e. The van der Waals surface area contributed by atoms with Crippen LogP contribution >= 0.6 is 11.3 Å².